The van der Waals surface area contributed by atoms with E-state index in [0.717, 1.165) is 29.5 Å². The van der Waals surface area contributed by atoms with Crippen LogP contribution in [0.25, 0.3) is 11.0 Å². The Morgan fingerprint density at radius 3 is 2.75 bits per heavy atom. The molecule has 1 aliphatic carbocycles. The number of hydrogen-bond acceptors (Lipinski definition) is 3. The van der Waals surface area contributed by atoms with E-state index >= 15 is 0 Å². The molecule has 0 bridgehead atoms. The van der Waals surface area contributed by atoms with Gasteiger partial charge in [0.2, 0.25) is 0 Å². The van der Waals surface area contributed by atoms with Crippen LogP contribution >= 0.6 is 0 Å². The summed E-state index contributed by atoms with van der Waals surface area (Å²) in [5.74, 6) is 1.31. The maximum absolute atomic E-state index is 12.5. The van der Waals surface area contributed by atoms with Gasteiger partial charge >= 0.3 is 0 Å². The zero-order valence-electron chi connectivity index (χ0n) is 13.5. The van der Waals surface area contributed by atoms with Crippen LogP contribution in [0.5, 0.6) is 5.75 Å². The molecule has 0 atom stereocenters. The largest absolute Gasteiger partial charge is 0.489 e. The molecule has 1 heterocycles. The van der Waals surface area contributed by atoms with Gasteiger partial charge in [-0.1, -0.05) is 30.3 Å². The third-order valence-electron chi connectivity index (χ3n) is 4.22. The molecule has 3 aromatic rings. The molecule has 0 unspecified atom stereocenters. The van der Waals surface area contributed by atoms with Crippen LogP contribution in [0.4, 0.5) is 0 Å². The molecule has 0 aliphatic heterocycles. The fourth-order valence-electron chi connectivity index (χ4n) is 2.80. The van der Waals surface area contributed by atoms with Crippen LogP contribution in [-0.2, 0) is 6.61 Å². The van der Waals surface area contributed by atoms with Crippen molar-refractivity contribution in [3.05, 3.63) is 65.4 Å². The summed E-state index contributed by atoms with van der Waals surface area (Å²) in [6.45, 7) is 2.32. The van der Waals surface area contributed by atoms with E-state index in [2.05, 4.69) is 5.32 Å². The number of aryl methyl sites for hydroxylation is 1. The van der Waals surface area contributed by atoms with Gasteiger partial charge in [-0.15, -0.1) is 0 Å². The summed E-state index contributed by atoms with van der Waals surface area (Å²) >= 11 is 0. The van der Waals surface area contributed by atoms with E-state index in [-0.39, 0.29) is 5.91 Å². The maximum atomic E-state index is 12.5. The highest BCUT2D eigenvalue weighted by molar-refractivity contribution is 6.07. The quantitative estimate of drug-likeness (QED) is 0.766. The van der Waals surface area contributed by atoms with Crippen molar-refractivity contribution in [2.24, 2.45) is 0 Å². The summed E-state index contributed by atoms with van der Waals surface area (Å²) in [5.41, 5.74) is 2.43. The van der Waals surface area contributed by atoms with E-state index in [1.807, 2.05) is 55.5 Å². The van der Waals surface area contributed by atoms with Crippen molar-refractivity contribution in [3.8, 4) is 5.75 Å². The Labute approximate surface area is 140 Å². The number of benzene rings is 2. The second kappa shape index (κ2) is 6.04. The number of hydrogen-bond donors (Lipinski definition) is 1. The summed E-state index contributed by atoms with van der Waals surface area (Å²) in [6.07, 6.45) is 2.12. The van der Waals surface area contributed by atoms with Gasteiger partial charge in [0.25, 0.3) is 5.91 Å². The lowest BCUT2D eigenvalue weighted by molar-refractivity contribution is 0.0951. The number of carbonyl (C=O) groups excluding carboxylic acids is 1. The van der Waals surface area contributed by atoms with E-state index in [1.165, 1.54) is 0 Å². The van der Waals surface area contributed by atoms with Crippen LogP contribution in [0.15, 0.2) is 52.9 Å². The van der Waals surface area contributed by atoms with Gasteiger partial charge in [-0.05, 0) is 43.5 Å². The molecule has 1 aliphatic rings. The van der Waals surface area contributed by atoms with E-state index in [4.69, 9.17) is 9.15 Å². The van der Waals surface area contributed by atoms with Crippen molar-refractivity contribution >= 4 is 16.9 Å². The fraction of sp³-hybridized carbons (Fsp3) is 0.250. The highest BCUT2D eigenvalue weighted by Crippen LogP contribution is 2.30. The molecule has 0 saturated heterocycles. The molecule has 2 aromatic carbocycles. The lowest BCUT2D eigenvalue weighted by Gasteiger charge is -2.07. The van der Waals surface area contributed by atoms with Crippen molar-refractivity contribution < 1.29 is 13.9 Å². The summed E-state index contributed by atoms with van der Waals surface area (Å²) in [7, 11) is 0. The molecule has 4 nitrogen and oxygen atoms in total. The zero-order valence-corrected chi connectivity index (χ0v) is 13.5. The van der Waals surface area contributed by atoms with Crippen molar-refractivity contribution in [1.82, 2.24) is 5.32 Å². The molecule has 1 aromatic heterocycles. The predicted octanol–water partition coefficient (Wildman–Crippen LogP) is 4.21. The monoisotopic (exact) mass is 321 g/mol. The van der Waals surface area contributed by atoms with E-state index < -0.39 is 0 Å². The van der Waals surface area contributed by atoms with Crippen molar-refractivity contribution in [2.75, 3.05) is 0 Å². The van der Waals surface area contributed by atoms with Crippen LogP contribution in [0.1, 0.15) is 34.5 Å². The van der Waals surface area contributed by atoms with Gasteiger partial charge in [0.05, 0.1) is 5.56 Å². The molecule has 4 rings (SSSR count). The molecule has 1 N–H and O–H groups in total. The minimum absolute atomic E-state index is 0.0611. The van der Waals surface area contributed by atoms with Crippen molar-refractivity contribution in [1.29, 1.82) is 0 Å². The van der Waals surface area contributed by atoms with Gasteiger partial charge < -0.3 is 14.5 Å². The number of nitrogens with one attached hydrogen (secondary N) is 1. The van der Waals surface area contributed by atoms with Crippen LogP contribution in [0, 0.1) is 6.92 Å². The second-order valence-corrected chi connectivity index (χ2v) is 6.21. The Balaban J connectivity index is 1.60. The molecule has 0 spiro atoms. The Morgan fingerprint density at radius 2 is 2.00 bits per heavy atom. The summed E-state index contributed by atoms with van der Waals surface area (Å²) in [5, 5.41) is 3.83. The molecule has 1 saturated carbocycles. The maximum Gasteiger partial charge on any atom is 0.255 e. The van der Waals surface area contributed by atoms with Crippen LogP contribution in [0.2, 0.25) is 0 Å². The third kappa shape index (κ3) is 3.00. The Bertz CT molecular complexity index is 879. The molecular weight excluding hydrogens is 302 g/mol. The number of ether oxygens (including phenoxy) is 1. The highest BCUT2D eigenvalue weighted by Gasteiger charge is 2.27. The number of carbonyl (C=O) groups is 1. The van der Waals surface area contributed by atoms with Gasteiger partial charge in [0.1, 0.15) is 23.7 Å². The Hall–Kier alpha value is -2.75. The first-order chi connectivity index (χ1) is 11.7. The van der Waals surface area contributed by atoms with Crippen LogP contribution in [-0.4, -0.2) is 11.9 Å². The van der Waals surface area contributed by atoms with Gasteiger partial charge in [-0.25, -0.2) is 0 Å². The lowest BCUT2D eigenvalue weighted by atomic mass is 10.1. The number of fused-ring (bicyclic) bond motifs is 1. The molecular formula is C20H19NO3. The summed E-state index contributed by atoms with van der Waals surface area (Å²) in [4.78, 5) is 12.5. The van der Waals surface area contributed by atoms with Crippen LogP contribution < -0.4 is 10.1 Å². The SMILES string of the molecule is Cc1oc2ccc(OCc3ccccc3)cc2c1C(=O)NC1CC1. The van der Waals surface area contributed by atoms with Crippen LogP contribution in [0.3, 0.4) is 0 Å². The zero-order chi connectivity index (χ0) is 16.5. The van der Waals surface area contributed by atoms with Crippen molar-refractivity contribution in [3.63, 3.8) is 0 Å². The average molecular weight is 321 g/mol. The summed E-state index contributed by atoms with van der Waals surface area (Å²) in [6, 6.07) is 15.9. The normalized spacial score (nSPS) is 13.9. The number of furan rings is 1. The smallest absolute Gasteiger partial charge is 0.255 e. The summed E-state index contributed by atoms with van der Waals surface area (Å²) < 4.78 is 11.6. The van der Waals surface area contributed by atoms with Gasteiger partial charge in [-0.3, -0.25) is 4.79 Å². The molecule has 1 amide bonds. The Morgan fingerprint density at radius 1 is 1.21 bits per heavy atom. The van der Waals surface area contributed by atoms with E-state index in [1.54, 1.807) is 0 Å². The Kier molecular flexibility index (Phi) is 3.73. The first-order valence-electron chi connectivity index (χ1n) is 8.21. The first kappa shape index (κ1) is 14.8. The third-order valence-corrected chi connectivity index (χ3v) is 4.22. The molecule has 1 fully saturated rings. The first-order valence-corrected chi connectivity index (χ1v) is 8.21. The molecule has 24 heavy (non-hydrogen) atoms. The minimum atomic E-state index is -0.0611. The average Bonchev–Trinajstić information content (AvgIpc) is 3.33. The topological polar surface area (TPSA) is 51.5 Å². The van der Waals surface area contributed by atoms with E-state index in [9.17, 15) is 4.79 Å². The van der Waals surface area contributed by atoms with Gasteiger partial charge in [0, 0.05) is 11.4 Å². The number of amides is 1. The standard InChI is InChI=1S/C20H19NO3/c1-13-19(20(22)21-15-7-8-15)17-11-16(9-10-18(17)24-13)23-12-14-5-3-2-4-6-14/h2-6,9-11,15H,7-8,12H2,1H3,(H,21,22). The van der Waals surface area contributed by atoms with Crippen molar-refractivity contribution in [2.45, 2.75) is 32.4 Å². The van der Waals surface area contributed by atoms with Gasteiger partial charge in [-0.2, -0.15) is 0 Å². The lowest BCUT2D eigenvalue weighted by Crippen LogP contribution is -2.25. The predicted molar refractivity (Wildman–Crippen MR) is 92.2 cm³/mol. The highest BCUT2D eigenvalue weighted by atomic mass is 16.5. The van der Waals surface area contributed by atoms with Gasteiger partial charge in [0.15, 0.2) is 0 Å². The molecule has 0 radical (unpaired) electrons. The number of rotatable bonds is 5. The second-order valence-electron chi connectivity index (χ2n) is 6.21. The van der Waals surface area contributed by atoms with E-state index in [0.29, 0.717) is 29.6 Å². The molecule has 4 heteroatoms. The minimum Gasteiger partial charge on any atom is -0.489 e. The fourth-order valence-corrected chi connectivity index (χ4v) is 2.80. The molecule has 122 valence electrons.